The highest BCUT2D eigenvalue weighted by molar-refractivity contribution is 6.33. The average molecular weight is 346 g/mol. The summed E-state index contributed by atoms with van der Waals surface area (Å²) in [5.41, 5.74) is 5.20. The SMILES string of the molecule is CN(C)c1ccc(C=NNC(=O)CCc2ccc(O)cc2)c(Cl)c1. The molecule has 0 atom stereocenters. The molecule has 5 nitrogen and oxygen atoms in total. The standard InChI is InChI=1S/C18H20ClN3O2/c1-22(2)15-7-6-14(17(19)11-15)12-20-21-18(24)10-5-13-3-8-16(23)9-4-13/h3-4,6-9,11-12,23H,5,10H2,1-2H3,(H,21,24). The molecule has 0 fully saturated rings. The summed E-state index contributed by atoms with van der Waals surface area (Å²) in [5, 5.41) is 13.7. The van der Waals surface area contributed by atoms with Gasteiger partial charge in [-0.15, -0.1) is 0 Å². The lowest BCUT2D eigenvalue weighted by molar-refractivity contribution is -0.121. The maximum Gasteiger partial charge on any atom is 0.240 e. The van der Waals surface area contributed by atoms with Crippen molar-refractivity contribution >= 4 is 29.4 Å². The van der Waals surface area contributed by atoms with E-state index in [1.807, 2.05) is 37.2 Å². The molecule has 24 heavy (non-hydrogen) atoms. The van der Waals surface area contributed by atoms with Crippen LogP contribution >= 0.6 is 11.6 Å². The first-order valence-electron chi connectivity index (χ1n) is 7.52. The van der Waals surface area contributed by atoms with Crippen LogP contribution in [0, 0.1) is 0 Å². The molecule has 0 bridgehead atoms. The normalized spacial score (nSPS) is 10.8. The number of phenolic OH excluding ortho intramolecular Hbond substituents is 1. The number of hydrazone groups is 1. The number of hydrogen-bond donors (Lipinski definition) is 2. The van der Waals surface area contributed by atoms with Crippen molar-refractivity contribution in [3.8, 4) is 5.75 Å². The fourth-order valence-corrected chi connectivity index (χ4v) is 2.27. The molecule has 2 rings (SSSR count). The Morgan fingerprint density at radius 3 is 2.58 bits per heavy atom. The van der Waals surface area contributed by atoms with E-state index in [9.17, 15) is 9.90 Å². The van der Waals surface area contributed by atoms with Crippen LogP contribution in [0.4, 0.5) is 5.69 Å². The number of aryl methyl sites for hydroxylation is 1. The van der Waals surface area contributed by atoms with Gasteiger partial charge in [0.05, 0.1) is 11.2 Å². The minimum absolute atomic E-state index is 0.180. The topological polar surface area (TPSA) is 64.9 Å². The number of amides is 1. The summed E-state index contributed by atoms with van der Waals surface area (Å²) in [6.07, 6.45) is 2.43. The molecule has 2 aromatic carbocycles. The summed E-state index contributed by atoms with van der Waals surface area (Å²) < 4.78 is 0. The van der Waals surface area contributed by atoms with Crippen LogP contribution in [0.2, 0.25) is 5.02 Å². The van der Waals surface area contributed by atoms with Gasteiger partial charge in [0, 0.05) is 31.8 Å². The van der Waals surface area contributed by atoms with Crippen LogP contribution in [0.3, 0.4) is 0 Å². The molecule has 0 aliphatic carbocycles. The Morgan fingerprint density at radius 2 is 1.96 bits per heavy atom. The van der Waals surface area contributed by atoms with Gasteiger partial charge in [0.15, 0.2) is 0 Å². The van der Waals surface area contributed by atoms with E-state index < -0.39 is 0 Å². The molecule has 0 radical (unpaired) electrons. The minimum Gasteiger partial charge on any atom is -0.508 e. The Morgan fingerprint density at radius 1 is 1.25 bits per heavy atom. The van der Waals surface area contributed by atoms with Gasteiger partial charge in [-0.1, -0.05) is 23.7 Å². The van der Waals surface area contributed by atoms with Crippen molar-refractivity contribution in [2.75, 3.05) is 19.0 Å². The Hall–Kier alpha value is -2.53. The summed E-state index contributed by atoms with van der Waals surface area (Å²) in [5.74, 6) is 0.0327. The average Bonchev–Trinajstić information content (AvgIpc) is 2.55. The van der Waals surface area contributed by atoms with E-state index in [-0.39, 0.29) is 11.7 Å². The van der Waals surface area contributed by atoms with Crippen LogP contribution in [-0.4, -0.2) is 31.3 Å². The zero-order valence-corrected chi connectivity index (χ0v) is 14.4. The number of nitrogens with one attached hydrogen (secondary N) is 1. The lowest BCUT2D eigenvalue weighted by Gasteiger charge is -2.13. The van der Waals surface area contributed by atoms with Crippen LogP contribution in [-0.2, 0) is 11.2 Å². The van der Waals surface area contributed by atoms with Crippen molar-refractivity contribution < 1.29 is 9.90 Å². The number of hydrogen-bond acceptors (Lipinski definition) is 4. The number of halogens is 1. The van der Waals surface area contributed by atoms with E-state index in [0.29, 0.717) is 17.9 Å². The molecule has 0 aliphatic heterocycles. The number of benzene rings is 2. The first-order chi connectivity index (χ1) is 11.5. The zero-order chi connectivity index (χ0) is 17.5. The molecule has 0 saturated carbocycles. The van der Waals surface area contributed by atoms with Crippen molar-refractivity contribution in [2.24, 2.45) is 5.10 Å². The Labute approximate surface area is 146 Å². The lowest BCUT2D eigenvalue weighted by atomic mass is 10.1. The minimum atomic E-state index is -0.180. The number of rotatable bonds is 6. The highest BCUT2D eigenvalue weighted by Gasteiger charge is 2.03. The first-order valence-corrected chi connectivity index (χ1v) is 7.90. The first kappa shape index (κ1) is 17.8. The molecule has 0 aromatic heterocycles. The van der Waals surface area contributed by atoms with Crippen LogP contribution in [0.5, 0.6) is 5.75 Å². The molecule has 2 aromatic rings. The maximum absolute atomic E-state index is 11.8. The van der Waals surface area contributed by atoms with Crippen LogP contribution in [0.1, 0.15) is 17.5 Å². The number of phenols is 1. The summed E-state index contributed by atoms with van der Waals surface area (Å²) >= 11 is 6.19. The monoisotopic (exact) mass is 345 g/mol. The molecule has 0 aliphatic rings. The van der Waals surface area contributed by atoms with Gasteiger partial charge in [0.25, 0.3) is 0 Å². The number of anilines is 1. The van der Waals surface area contributed by atoms with Gasteiger partial charge in [-0.2, -0.15) is 5.10 Å². The van der Waals surface area contributed by atoms with Crippen molar-refractivity contribution in [1.82, 2.24) is 5.43 Å². The molecule has 6 heteroatoms. The van der Waals surface area contributed by atoms with Crippen LogP contribution < -0.4 is 10.3 Å². The van der Waals surface area contributed by atoms with E-state index in [0.717, 1.165) is 16.8 Å². The maximum atomic E-state index is 11.8. The number of nitrogens with zero attached hydrogens (tertiary/aromatic N) is 2. The van der Waals surface area contributed by atoms with E-state index in [2.05, 4.69) is 10.5 Å². The van der Waals surface area contributed by atoms with Gasteiger partial charge < -0.3 is 10.0 Å². The van der Waals surface area contributed by atoms with E-state index in [4.69, 9.17) is 11.6 Å². The van der Waals surface area contributed by atoms with Gasteiger partial charge in [0.1, 0.15) is 5.75 Å². The molecule has 2 N–H and O–H groups in total. The summed E-state index contributed by atoms with van der Waals surface area (Å²) in [7, 11) is 3.88. The Kier molecular flexibility index (Phi) is 6.21. The van der Waals surface area contributed by atoms with Gasteiger partial charge in [-0.05, 0) is 42.3 Å². The van der Waals surface area contributed by atoms with Crippen molar-refractivity contribution in [3.05, 3.63) is 58.6 Å². The van der Waals surface area contributed by atoms with Gasteiger partial charge in [0.2, 0.25) is 5.91 Å². The van der Waals surface area contributed by atoms with E-state index in [1.165, 1.54) is 6.21 Å². The number of carbonyl (C=O) groups excluding carboxylic acids is 1. The Bertz CT molecular complexity index is 728. The molecule has 0 spiro atoms. The predicted molar refractivity (Wildman–Crippen MR) is 97.9 cm³/mol. The second-order valence-corrected chi connectivity index (χ2v) is 5.97. The predicted octanol–water partition coefficient (Wildman–Crippen LogP) is 3.19. The molecular formula is C18H20ClN3O2. The van der Waals surface area contributed by atoms with Crippen molar-refractivity contribution in [3.63, 3.8) is 0 Å². The largest absolute Gasteiger partial charge is 0.508 e. The van der Waals surface area contributed by atoms with Crippen LogP contribution in [0.15, 0.2) is 47.6 Å². The summed E-state index contributed by atoms with van der Waals surface area (Å²) in [6, 6.07) is 12.4. The fraction of sp³-hybridized carbons (Fsp3) is 0.222. The smallest absolute Gasteiger partial charge is 0.240 e. The van der Waals surface area contributed by atoms with E-state index >= 15 is 0 Å². The Balaban J connectivity index is 1.84. The fourth-order valence-electron chi connectivity index (χ4n) is 2.05. The van der Waals surface area contributed by atoms with Gasteiger partial charge in [-0.25, -0.2) is 5.43 Å². The van der Waals surface area contributed by atoms with Crippen molar-refractivity contribution in [2.45, 2.75) is 12.8 Å². The second-order valence-electron chi connectivity index (χ2n) is 5.56. The molecule has 126 valence electrons. The summed E-state index contributed by atoms with van der Waals surface area (Å²) in [4.78, 5) is 13.7. The quantitative estimate of drug-likeness (QED) is 0.624. The molecular weight excluding hydrogens is 326 g/mol. The number of aromatic hydroxyl groups is 1. The second kappa shape index (κ2) is 8.36. The third-order valence-electron chi connectivity index (χ3n) is 3.47. The van der Waals surface area contributed by atoms with Crippen molar-refractivity contribution in [1.29, 1.82) is 0 Å². The highest BCUT2D eigenvalue weighted by Crippen LogP contribution is 2.21. The third kappa shape index (κ3) is 5.28. The highest BCUT2D eigenvalue weighted by atomic mass is 35.5. The van der Waals surface area contributed by atoms with E-state index in [1.54, 1.807) is 24.3 Å². The molecule has 0 unspecified atom stereocenters. The molecule has 0 saturated heterocycles. The zero-order valence-electron chi connectivity index (χ0n) is 13.7. The number of carbonyl (C=O) groups is 1. The molecule has 0 heterocycles. The lowest BCUT2D eigenvalue weighted by Crippen LogP contribution is -2.17. The van der Waals surface area contributed by atoms with Gasteiger partial charge in [-0.3, -0.25) is 4.79 Å². The third-order valence-corrected chi connectivity index (χ3v) is 3.80. The summed E-state index contributed by atoms with van der Waals surface area (Å²) in [6.45, 7) is 0. The van der Waals surface area contributed by atoms with Crippen LogP contribution in [0.25, 0.3) is 0 Å². The molecule has 1 amide bonds. The van der Waals surface area contributed by atoms with Gasteiger partial charge >= 0.3 is 0 Å².